The molecule has 1 aliphatic rings. The Kier molecular flexibility index (Phi) is 4.65. The molecular formula is C14H22ClN5. The number of anilines is 1. The van der Waals surface area contributed by atoms with Crippen LogP contribution in [0.5, 0.6) is 0 Å². The normalized spacial score (nSPS) is 17.4. The summed E-state index contributed by atoms with van der Waals surface area (Å²) in [4.78, 5) is 10.3. The first-order valence-corrected chi connectivity index (χ1v) is 6.41. The van der Waals surface area contributed by atoms with E-state index in [9.17, 15) is 0 Å². The van der Waals surface area contributed by atoms with Crippen molar-refractivity contribution in [2.24, 2.45) is 21.5 Å². The Morgan fingerprint density at radius 1 is 1.10 bits per heavy atom. The second-order valence-corrected chi connectivity index (χ2v) is 5.52. The van der Waals surface area contributed by atoms with Gasteiger partial charge in [-0.05, 0) is 37.5 Å². The van der Waals surface area contributed by atoms with Crippen LogP contribution in [-0.2, 0) is 0 Å². The van der Waals surface area contributed by atoms with Crippen molar-refractivity contribution in [3.8, 4) is 0 Å². The summed E-state index contributed by atoms with van der Waals surface area (Å²) in [5.41, 5.74) is 13.4. The molecule has 0 atom stereocenters. The van der Waals surface area contributed by atoms with Crippen LogP contribution in [0.2, 0.25) is 0 Å². The smallest absolute Gasteiger partial charge is 0.220 e. The fraction of sp³-hybridized carbons (Fsp3) is 0.429. The first-order chi connectivity index (χ1) is 8.81. The summed E-state index contributed by atoms with van der Waals surface area (Å²) in [6.07, 6.45) is 0. The van der Waals surface area contributed by atoms with Crippen molar-refractivity contribution >= 4 is 30.0 Å². The van der Waals surface area contributed by atoms with Gasteiger partial charge in [0.1, 0.15) is 5.66 Å². The maximum atomic E-state index is 5.99. The van der Waals surface area contributed by atoms with E-state index in [4.69, 9.17) is 11.5 Å². The zero-order valence-corrected chi connectivity index (χ0v) is 13.1. The molecule has 4 N–H and O–H groups in total. The Morgan fingerprint density at radius 3 is 2.10 bits per heavy atom. The molecule has 2 rings (SSSR count). The van der Waals surface area contributed by atoms with Gasteiger partial charge in [0.25, 0.3) is 0 Å². The number of nitrogens with zero attached hydrogens (tertiary/aromatic N) is 3. The van der Waals surface area contributed by atoms with Crippen molar-refractivity contribution in [1.82, 2.24) is 0 Å². The van der Waals surface area contributed by atoms with Crippen LogP contribution in [0.15, 0.2) is 34.3 Å². The van der Waals surface area contributed by atoms with Gasteiger partial charge >= 0.3 is 0 Å². The predicted octanol–water partition coefficient (Wildman–Crippen LogP) is 2.42. The molecule has 1 aliphatic heterocycles. The maximum Gasteiger partial charge on any atom is 0.220 e. The lowest BCUT2D eigenvalue weighted by Gasteiger charge is -2.38. The first kappa shape index (κ1) is 16.3. The van der Waals surface area contributed by atoms with Crippen LogP contribution in [0.4, 0.5) is 5.69 Å². The lowest BCUT2D eigenvalue weighted by molar-refractivity contribution is 0.534. The molecule has 20 heavy (non-hydrogen) atoms. The molecule has 0 aromatic heterocycles. The second kappa shape index (κ2) is 5.71. The van der Waals surface area contributed by atoms with E-state index < -0.39 is 5.66 Å². The van der Waals surface area contributed by atoms with E-state index in [1.807, 2.05) is 30.9 Å². The lowest BCUT2D eigenvalue weighted by Crippen LogP contribution is -2.54. The Balaban J connectivity index is 0.00000200. The molecule has 0 fully saturated rings. The van der Waals surface area contributed by atoms with Crippen LogP contribution in [-0.4, -0.2) is 17.6 Å². The minimum Gasteiger partial charge on any atom is -0.369 e. The van der Waals surface area contributed by atoms with E-state index in [0.29, 0.717) is 11.9 Å². The summed E-state index contributed by atoms with van der Waals surface area (Å²) in [5, 5.41) is 0. The molecule has 1 aromatic rings. The molecule has 0 saturated carbocycles. The van der Waals surface area contributed by atoms with Gasteiger partial charge in [-0.3, -0.25) is 4.90 Å². The summed E-state index contributed by atoms with van der Waals surface area (Å²) < 4.78 is 0. The van der Waals surface area contributed by atoms with Crippen LogP contribution in [0.1, 0.15) is 39.2 Å². The number of halogens is 1. The molecule has 0 spiro atoms. The molecule has 0 unspecified atom stereocenters. The first-order valence-electron chi connectivity index (χ1n) is 6.41. The summed E-state index contributed by atoms with van der Waals surface area (Å²) in [6.45, 7) is 8.25. The van der Waals surface area contributed by atoms with Gasteiger partial charge in [-0.1, -0.05) is 26.0 Å². The second-order valence-electron chi connectivity index (χ2n) is 5.52. The highest BCUT2D eigenvalue weighted by molar-refractivity contribution is 6.05. The average molecular weight is 296 g/mol. The van der Waals surface area contributed by atoms with Gasteiger partial charge in [0.05, 0.1) is 0 Å². The van der Waals surface area contributed by atoms with Crippen molar-refractivity contribution < 1.29 is 0 Å². The molecule has 5 nitrogen and oxygen atoms in total. The monoisotopic (exact) mass is 295 g/mol. The van der Waals surface area contributed by atoms with Gasteiger partial charge in [0, 0.05) is 5.69 Å². The lowest BCUT2D eigenvalue weighted by atomic mass is 10.0. The minimum atomic E-state index is -0.532. The zero-order chi connectivity index (χ0) is 14.2. The molecule has 0 saturated heterocycles. The van der Waals surface area contributed by atoms with Gasteiger partial charge in [0.15, 0.2) is 0 Å². The molecule has 0 bridgehead atoms. The van der Waals surface area contributed by atoms with Gasteiger partial charge in [-0.2, -0.15) is 4.99 Å². The van der Waals surface area contributed by atoms with Crippen LogP contribution in [0.25, 0.3) is 0 Å². The highest BCUT2D eigenvalue weighted by Gasteiger charge is 2.32. The van der Waals surface area contributed by atoms with E-state index in [2.05, 4.69) is 36.0 Å². The highest BCUT2D eigenvalue weighted by atomic mass is 35.5. The van der Waals surface area contributed by atoms with Gasteiger partial charge in [-0.25, -0.2) is 4.99 Å². The van der Waals surface area contributed by atoms with Crippen LogP contribution in [0, 0.1) is 0 Å². The van der Waals surface area contributed by atoms with Crippen molar-refractivity contribution in [1.29, 1.82) is 0 Å². The van der Waals surface area contributed by atoms with Gasteiger partial charge in [0.2, 0.25) is 11.9 Å². The van der Waals surface area contributed by atoms with Crippen molar-refractivity contribution in [3.05, 3.63) is 29.8 Å². The Hall–Kier alpha value is -1.75. The highest BCUT2D eigenvalue weighted by Crippen LogP contribution is 2.28. The minimum absolute atomic E-state index is 0. The SMILES string of the molecule is CC(C)c1ccc(N2C(N)=NC(N)=NC2(C)C)cc1.Cl. The molecule has 0 radical (unpaired) electrons. The van der Waals surface area contributed by atoms with Crippen LogP contribution >= 0.6 is 12.4 Å². The Labute approximate surface area is 126 Å². The standard InChI is InChI=1S/C14H21N5.ClH/c1-9(2)10-5-7-11(8-6-10)19-13(16)17-12(15)18-14(19,3)4;/h5-9H,1-4H3,(H4,15,16,17,18);1H. The maximum absolute atomic E-state index is 5.99. The van der Waals surface area contributed by atoms with E-state index in [1.165, 1.54) is 5.56 Å². The number of aliphatic imine (C=N–C) groups is 2. The van der Waals surface area contributed by atoms with Crippen molar-refractivity contribution in [3.63, 3.8) is 0 Å². The molecule has 0 amide bonds. The number of hydrogen-bond donors (Lipinski definition) is 2. The van der Waals surface area contributed by atoms with Gasteiger partial charge < -0.3 is 11.5 Å². The number of guanidine groups is 2. The predicted molar refractivity (Wildman–Crippen MR) is 87.6 cm³/mol. The third-order valence-corrected chi connectivity index (χ3v) is 3.21. The fourth-order valence-corrected chi connectivity index (χ4v) is 2.26. The fourth-order valence-electron chi connectivity index (χ4n) is 2.26. The van der Waals surface area contributed by atoms with E-state index in [-0.39, 0.29) is 18.4 Å². The summed E-state index contributed by atoms with van der Waals surface area (Å²) >= 11 is 0. The zero-order valence-electron chi connectivity index (χ0n) is 12.3. The van der Waals surface area contributed by atoms with Crippen LogP contribution < -0.4 is 16.4 Å². The third-order valence-electron chi connectivity index (χ3n) is 3.21. The molecular weight excluding hydrogens is 274 g/mol. The largest absolute Gasteiger partial charge is 0.369 e. The summed E-state index contributed by atoms with van der Waals surface area (Å²) in [6, 6.07) is 8.28. The van der Waals surface area contributed by atoms with Crippen molar-refractivity contribution in [2.45, 2.75) is 39.3 Å². The van der Waals surface area contributed by atoms with E-state index >= 15 is 0 Å². The topological polar surface area (TPSA) is 80.0 Å². The molecule has 6 heteroatoms. The number of hydrogen-bond acceptors (Lipinski definition) is 5. The summed E-state index contributed by atoms with van der Waals surface area (Å²) in [5.74, 6) is 1.09. The van der Waals surface area contributed by atoms with E-state index in [0.717, 1.165) is 5.69 Å². The molecule has 1 aromatic carbocycles. The number of rotatable bonds is 2. The van der Waals surface area contributed by atoms with E-state index in [1.54, 1.807) is 0 Å². The van der Waals surface area contributed by atoms with Crippen LogP contribution in [0.3, 0.4) is 0 Å². The summed E-state index contributed by atoms with van der Waals surface area (Å²) in [7, 11) is 0. The quantitative estimate of drug-likeness (QED) is 0.879. The molecule has 0 aliphatic carbocycles. The Bertz CT molecular complexity index is 531. The van der Waals surface area contributed by atoms with Gasteiger partial charge in [-0.15, -0.1) is 12.4 Å². The number of nitrogens with two attached hydrogens (primary N) is 2. The van der Waals surface area contributed by atoms with Crippen molar-refractivity contribution in [2.75, 3.05) is 4.90 Å². The Morgan fingerprint density at radius 2 is 1.65 bits per heavy atom. The molecule has 110 valence electrons. The average Bonchev–Trinajstić information content (AvgIpc) is 2.26. The number of benzene rings is 1. The third kappa shape index (κ3) is 3.04. The molecule has 1 heterocycles.